The van der Waals surface area contributed by atoms with Crippen LogP contribution in [0, 0.1) is 34.5 Å². The maximum Gasteiger partial charge on any atom is 0.0317 e. The van der Waals surface area contributed by atoms with Crippen molar-refractivity contribution in [2.24, 2.45) is 29.1 Å². The predicted octanol–water partition coefficient (Wildman–Crippen LogP) is 6.33. The minimum absolute atomic E-state index is 0.407. The lowest BCUT2D eigenvalue weighted by Crippen LogP contribution is -2.45. The van der Waals surface area contributed by atoms with Crippen molar-refractivity contribution in [2.45, 2.75) is 65.7 Å². The molecule has 0 spiro atoms. The number of hydrogen-bond acceptors (Lipinski definition) is 1. The van der Waals surface area contributed by atoms with Gasteiger partial charge in [-0.1, -0.05) is 45.1 Å². The molecule has 4 aliphatic carbocycles. The van der Waals surface area contributed by atoms with Crippen LogP contribution in [0.4, 0.5) is 0 Å². The fourth-order valence-corrected chi connectivity index (χ4v) is 6.06. The van der Waals surface area contributed by atoms with Gasteiger partial charge >= 0.3 is 0 Å². The molecule has 5 unspecified atom stereocenters. The van der Waals surface area contributed by atoms with Crippen LogP contribution in [-0.4, -0.2) is 5.71 Å². The molecule has 0 aromatic carbocycles. The maximum absolute atomic E-state index is 7.98. The van der Waals surface area contributed by atoms with E-state index >= 15 is 0 Å². The molecule has 1 heteroatoms. The van der Waals surface area contributed by atoms with E-state index in [0.717, 1.165) is 29.9 Å². The molecule has 5 atom stereocenters. The van der Waals surface area contributed by atoms with Gasteiger partial charge in [0.25, 0.3) is 0 Å². The summed E-state index contributed by atoms with van der Waals surface area (Å²) >= 11 is 0. The second-order valence-corrected chi connectivity index (χ2v) is 8.11. The highest BCUT2D eigenvalue weighted by molar-refractivity contribution is 5.94. The number of nitrogens with one attached hydrogen (secondary N) is 1. The molecule has 4 aliphatic rings. The Morgan fingerprint density at radius 3 is 2.57 bits per heavy atom. The molecular formula is C22H33N. The third kappa shape index (κ3) is 2.47. The lowest BCUT2D eigenvalue weighted by Gasteiger charge is -2.53. The van der Waals surface area contributed by atoms with E-state index in [-0.39, 0.29) is 0 Å². The second kappa shape index (κ2) is 6.07. The molecule has 0 bridgehead atoms. The van der Waals surface area contributed by atoms with Crippen molar-refractivity contribution in [2.75, 3.05) is 0 Å². The first-order valence-corrected chi connectivity index (χ1v) is 9.66. The topological polar surface area (TPSA) is 23.9 Å². The van der Waals surface area contributed by atoms with Crippen molar-refractivity contribution in [1.29, 1.82) is 5.41 Å². The highest BCUT2D eigenvalue weighted by Gasteiger charge is 2.54. The number of fused-ring (bicyclic) bond motifs is 5. The molecule has 1 N–H and O–H groups in total. The van der Waals surface area contributed by atoms with Crippen LogP contribution >= 0.6 is 0 Å². The minimum Gasteiger partial charge on any atom is -0.305 e. The lowest BCUT2D eigenvalue weighted by molar-refractivity contribution is 0.0264. The Morgan fingerprint density at radius 1 is 1.09 bits per heavy atom. The van der Waals surface area contributed by atoms with E-state index in [1.807, 2.05) is 13.8 Å². The SMILES string of the molecule is C=C1CC2C(CCC3(C)C(=C)CCC23)C2CCC(=N)C=C12.CC. The lowest BCUT2D eigenvalue weighted by atomic mass is 9.51. The summed E-state index contributed by atoms with van der Waals surface area (Å²) in [6.45, 7) is 15.3. The molecule has 0 aliphatic heterocycles. The van der Waals surface area contributed by atoms with Crippen LogP contribution in [0.5, 0.6) is 0 Å². The van der Waals surface area contributed by atoms with Crippen LogP contribution in [0.3, 0.4) is 0 Å². The van der Waals surface area contributed by atoms with Gasteiger partial charge in [0.2, 0.25) is 0 Å². The quantitative estimate of drug-likeness (QED) is 0.506. The molecule has 0 radical (unpaired) electrons. The van der Waals surface area contributed by atoms with Gasteiger partial charge in [0, 0.05) is 5.71 Å². The molecule has 0 heterocycles. The summed E-state index contributed by atoms with van der Waals surface area (Å²) in [5, 5.41) is 7.98. The summed E-state index contributed by atoms with van der Waals surface area (Å²) in [5.41, 5.74) is 5.52. The first-order valence-electron chi connectivity index (χ1n) is 9.66. The van der Waals surface area contributed by atoms with Crippen molar-refractivity contribution < 1.29 is 0 Å². The molecule has 0 saturated heterocycles. The van der Waals surface area contributed by atoms with Crippen molar-refractivity contribution >= 4 is 5.71 Å². The van der Waals surface area contributed by atoms with Crippen LogP contribution in [0.15, 0.2) is 36.0 Å². The van der Waals surface area contributed by atoms with Gasteiger partial charge in [0.15, 0.2) is 0 Å². The zero-order valence-corrected chi connectivity index (χ0v) is 15.3. The van der Waals surface area contributed by atoms with E-state index in [1.54, 1.807) is 0 Å². The molecule has 0 aromatic rings. The average Bonchev–Trinajstić information content (AvgIpc) is 2.86. The first-order chi connectivity index (χ1) is 11.0. The van der Waals surface area contributed by atoms with Gasteiger partial charge in [-0.15, -0.1) is 0 Å². The molecule has 0 amide bonds. The third-order valence-electron chi connectivity index (χ3n) is 7.31. The van der Waals surface area contributed by atoms with Gasteiger partial charge in [-0.3, -0.25) is 0 Å². The smallest absolute Gasteiger partial charge is 0.0317 e. The van der Waals surface area contributed by atoms with Gasteiger partial charge in [-0.2, -0.15) is 0 Å². The fraction of sp³-hybridized carbons (Fsp3) is 0.682. The Hall–Kier alpha value is -1.11. The number of rotatable bonds is 0. The Bertz CT molecular complexity index is 567. The maximum atomic E-state index is 7.98. The van der Waals surface area contributed by atoms with Crippen molar-refractivity contribution in [1.82, 2.24) is 0 Å². The molecule has 3 saturated carbocycles. The van der Waals surface area contributed by atoms with E-state index in [1.165, 1.54) is 55.2 Å². The summed E-state index contributed by atoms with van der Waals surface area (Å²) in [6, 6.07) is 0. The minimum atomic E-state index is 0.407. The van der Waals surface area contributed by atoms with E-state index in [9.17, 15) is 0 Å². The molecule has 0 aromatic heterocycles. The zero-order chi connectivity index (χ0) is 16.8. The van der Waals surface area contributed by atoms with E-state index in [0.29, 0.717) is 11.3 Å². The van der Waals surface area contributed by atoms with Crippen molar-refractivity contribution in [3.05, 3.63) is 36.0 Å². The van der Waals surface area contributed by atoms with Gasteiger partial charge in [-0.05, 0) is 85.7 Å². The van der Waals surface area contributed by atoms with Gasteiger partial charge < -0.3 is 5.41 Å². The Balaban J connectivity index is 0.000000753. The standard InChI is InChI=1S/C20H27N.C2H6/c1-12-10-18-16(15-6-5-14(21)11-17(12)15)8-9-20(3)13(2)4-7-19(18)20;1-2/h11,15-16,18-19,21H,1-2,4-10H2,3H3;1-2H3. The summed E-state index contributed by atoms with van der Waals surface area (Å²) < 4.78 is 0. The monoisotopic (exact) mass is 311 g/mol. The Labute approximate surface area is 142 Å². The Kier molecular flexibility index (Phi) is 4.42. The number of hydrogen-bond donors (Lipinski definition) is 1. The van der Waals surface area contributed by atoms with E-state index in [4.69, 9.17) is 5.41 Å². The van der Waals surface area contributed by atoms with Gasteiger partial charge in [0.05, 0.1) is 0 Å². The second-order valence-electron chi connectivity index (χ2n) is 8.11. The third-order valence-corrected chi connectivity index (χ3v) is 7.31. The predicted molar refractivity (Wildman–Crippen MR) is 99.8 cm³/mol. The van der Waals surface area contributed by atoms with E-state index in [2.05, 4.69) is 26.2 Å². The Morgan fingerprint density at radius 2 is 1.83 bits per heavy atom. The van der Waals surface area contributed by atoms with Crippen LogP contribution < -0.4 is 0 Å². The van der Waals surface area contributed by atoms with Crippen LogP contribution in [0.1, 0.15) is 65.7 Å². The summed E-state index contributed by atoms with van der Waals surface area (Å²) in [5.74, 6) is 3.20. The number of allylic oxidation sites excluding steroid dienone is 4. The summed E-state index contributed by atoms with van der Waals surface area (Å²) in [6.07, 6.45) is 10.8. The molecule has 4 rings (SSSR count). The molecule has 23 heavy (non-hydrogen) atoms. The molecule has 1 nitrogen and oxygen atoms in total. The highest BCUT2D eigenvalue weighted by Crippen LogP contribution is 2.63. The van der Waals surface area contributed by atoms with Crippen molar-refractivity contribution in [3.8, 4) is 0 Å². The largest absolute Gasteiger partial charge is 0.305 e. The average molecular weight is 312 g/mol. The van der Waals surface area contributed by atoms with E-state index < -0.39 is 0 Å². The fourth-order valence-electron chi connectivity index (χ4n) is 6.06. The van der Waals surface area contributed by atoms with Gasteiger partial charge in [-0.25, -0.2) is 0 Å². The van der Waals surface area contributed by atoms with Crippen LogP contribution in [0.2, 0.25) is 0 Å². The highest BCUT2D eigenvalue weighted by atomic mass is 14.6. The molecule has 3 fully saturated rings. The summed E-state index contributed by atoms with van der Waals surface area (Å²) in [4.78, 5) is 0. The first kappa shape index (κ1) is 16.7. The van der Waals surface area contributed by atoms with Crippen LogP contribution in [0.25, 0.3) is 0 Å². The summed E-state index contributed by atoms with van der Waals surface area (Å²) in [7, 11) is 0. The van der Waals surface area contributed by atoms with Crippen molar-refractivity contribution in [3.63, 3.8) is 0 Å². The van der Waals surface area contributed by atoms with Crippen LogP contribution in [-0.2, 0) is 0 Å². The normalized spacial score (nSPS) is 42.0. The molecular weight excluding hydrogens is 278 g/mol. The zero-order valence-electron chi connectivity index (χ0n) is 15.3. The molecule has 126 valence electrons. The van der Waals surface area contributed by atoms with Gasteiger partial charge in [0.1, 0.15) is 0 Å².